The Kier molecular flexibility index (Phi) is 8.45. The molecule has 0 saturated carbocycles. The van der Waals surface area contributed by atoms with Gasteiger partial charge >= 0.3 is 5.97 Å². The molecule has 1 heterocycles. The molecule has 28 heavy (non-hydrogen) atoms. The molecule has 7 nitrogen and oxygen atoms in total. The number of methoxy groups -OCH3 is 2. The van der Waals surface area contributed by atoms with E-state index >= 15 is 0 Å². The van der Waals surface area contributed by atoms with Crippen molar-refractivity contribution in [1.29, 1.82) is 0 Å². The van der Waals surface area contributed by atoms with Crippen molar-refractivity contribution < 1.29 is 32.9 Å². The lowest BCUT2D eigenvalue weighted by Crippen LogP contribution is -2.66. The van der Waals surface area contributed by atoms with Crippen molar-refractivity contribution in [2.75, 3.05) is 27.4 Å². The lowest BCUT2D eigenvalue weighted by molar-refractivity contribution is -0.443. The summed E-state index contributed by atoms with van der Waals surface area (Å²) in [5.41, 5.74) is 0. The average molecular weight is 419 g/mol. The van der Waals surface area contributed by atoms with Gasteiger partial charge in [-0.05, 0) is 45.0 Å². The van der Waals surface area contributed by atoms with Crippen LogP contribution >= 0.6 is 0 Å². The van der Waals surface area contributed by atoms with Gasteiger partial charge in [-0.3, -0.25) is 0 Å². The van der Waals surface area contributed by atoms with E-state index in [-0.39, 0.29) is 5.04 Å². The lowest BCUT2D eigenvalue weighted by atomic mass is 10.0. The van der Waals surface area contributed by atoms with Crippen LogP contribution in [0.25, 0.3) is 0 Å². The third-order valence-electron chi connectivity index (χ3n) is 5.83. The minimum absolute atomic E-state index is 0.0599. The van der Waals surface area contributed by atoms with Crippen LogP contribution in [-0.2, 0) is 32.9 Å². The summed E-state index contributed by atoms with van der Waals surface area (Å²) >= 11 is 0. The van der Waals surface area contributed by atoms with Gasteiger partial charge in [-0.25, -0.2) is 4.79 Å². The largest absolute Gasteiger partial charge is 0.463 e. The minimum Gasteiger partial charge on any atom is -0.463 e. The molecule has 8 heteroatoms. The molecule has 1 saturated heterocycles. The van der Waals surface area contributed by atoms with Crippen molar-refractivity contribution in [3.8, 4) is 0 Å². The van der Waals surface area contributed by atoms with E-state index in [1.165, 1.54) is 13.2 Å². The van der Waals surface area contributed by atoms with Crippen molar-refractivity contribution in [1.82, 2.24) is 0 Å². The fourth-order valence-corrected chi connectivity index (χ4v) is 3.55. The summed E-state index contributed by atoms with van der Waals surface area (Å²) in [6.45, 7) is 16.8. The van der Waals surface area contributed by atoms with Crippen LogP contribution in [0.4, 0.5) is 0 Å². The molecular formula is C20H38O7Si. The molecular weight excluding hydrogens is 380 g/mol. The summed E-state index contributed by atoms with van der Waals surface area (Å²) in [7, 11) is 1.07. The van der Waals surface area contributed by atoms with E-state index in [2.05, 4.69) is 33.9 Å². The van der Waals surface area contributed by atoms with E-state index in [4.69, 9.17) is 28.1 Å². The number of carbonyl (C=O) groups is 1. The fraction of sp³-hybridized carbons (Fsp3) is 0.850. The molecule has 0 aliphatic carbocycles. The molecule has 0 amide bonds. The molecule has 1 aliphatic rings. The predicted molar refractivity (Wildman–Crippen MR) is 109 cm³/mol. The Labute approximate surface area is 170 Å². The average Bonchev–Trinajstić information content (AvgIpc) is 2.60. The van der Waals surface area contributed by atoms with Crippen LogP contribution in [0.2, 0.25) is 18.1 Å². The van der Waals surface area contributed by atoms with Gasteiger partial charge in [-0.2, -0.15) is 0 Å². The number of esters is 1. The number of rotatable bonds is 8. The highest BCUT2D eigenvalue weighted by Gasteiger charge is 2.56. The van der Waals surface area contributed by atoms with Crippen LogP contribution in [0, 0.1) is 0 Å². The SMILES string of the molecule is CCOC(=O)/C=C/[C@@H]1O[C@@](C)(OC)[C@](C)(OC)O[C@@H]1CO[Si](C)(C)C(C)(C)C. The quantitative estimate of drug-likeness (QED) is 0.338. The zero-order chi connectivity index (χ0) is 21.8. The molecule has 0 spiro atoms. The van der Waals surface area contributed by atoms with E-state index in [0.29, 0.717) is 13.2 Å². The van der Waals surface area contributed by atoms with Crippen LogP contribution < -0.4 is 0 Å². The van der Waals surface area contributed by atoms with E-state index in [9.17, 15) is 4.79 Å². The second kappa shape index (κ2) is 9.36. The van der Waals surface area contributed by atoms with Gasteiger partial charge in [0.25, 0.3) is 0 Å². The van der Waals surface area contributed by atoms with Gasteiger partial charge in [-0.1, -0.05) is 20.8 Å². The fourth-order valence-electron chi connectivity index (χ4n) is 2.54. The maximum Gasteiger partial charge on any atom is 0.330 e. The number of hydrogen-bond acceptors (Lipinski definition) is 7. The third-order valence-corrected chi connectivity index (χ3v) is 10.3. The molecule has 1 aliphatic heterocycles. The van der Waals surface area contributed by atoms with Gasteiger partial charge in [0, 0.05) is 20.3 Å². The maximum absolute atomic E-state index is 11.8. The van der Waals surface area contributed by atoms with Gasteiger partial charge in [0.15, 0.2) is 8.32 Å². The van der Waals surface area contributed by atoms with Gasteiger partial charge in [-0.15, -0.1) is 0 Å². The first-order chi connectivity index (χ1) is 12.7. The Morgan fingerprint density at radius 2 is 1.64 bits per heavy atom. The van der Waals surface area contributed by atoms with Crippen molar-refractivity contribution >= 4 is 14.3 Å². The molecule has 0 bridgehead atoms. The van der Waals surface area contributed by atoms with Gasteiger partial charge in [0.2, 0.25) is 11.6 Å². The molecule has 4 atom stereocenters. The van der Waals surface area contributed by atoms with Crippen LogP contribution in [0.3, 0.4) is 0 Å². The molecule has 0 N–H and O–H groups in total. The summed E-state index contributed by atoms with van der Waals surface area (Å²) in [6, 6.07) is 0. The summed E-state index contributed by atoms with van der Waals surface area (Å²) < 4.78 is 34.9. The molecule has 0 radical (unpaired) electrons. The second-order valence-electron chi connectivity index (χ2n) is 8.72. The van der Waals surface area contributed by atoms with Crippen LogP contribution in [0.1, 0.15) is 41.5 Å². The molecule has 164 valence electrons. The molecule has 0 unspecified atom stereocenters. The number of ether oxygens (including phenoxy) is 5. The van der Waals surface area contributed by atoms with Crippen LogP contribution in [-0.4, -0.2) is 65.5 Å². The predicted octanol–water partition coefficient (Wildman–Crippen LogP) is 3.64. The number of carbonyl (C=O) groups excluding carboxylic acids is 1. The molecule has 1 rings (SSSR count). The normalized spacial score (nSPS) is 31.9. The summed E-state index contributed by atoms with van der Waals surface area (Å²) in [5, 5.41) is 0.0599. The van der Waals surface area contributed by atoms with E-state index < -0.39 is 38.1 Å². The monoisotopic (exact) mass is 418 g/mol. The Morgan fingerprint density at radius 3 is 2.11 bits per heavy atom. The van der Waals surface area contributed by atoms with Gasteiger partial charge < -0.3 is 28.1 Å². The summed E-state index contributed by atoms with van der Waals surface area (Å²) in [6.07, 6.45) is 1.93. The Balaban J connectivity index is 3.10. The third kappa shape index (κ3) is 5.64. The zero-order valence-electron chi connectivity index (χ0n) is 19.1. The van der Waals surface area contributed by atoms with E-state index in [1.807, 2.05) is 0 Å². The summed E-state index contributed by atoms with van der Waals surface area (Å²) in [5.74, 6) is -2.74. The number of hydrogen-bond donors (Lipinski definition) is 0. The highest BCUT2D eigenvalue weighted by molar-refractivity contribution is 6.74. The Bertz CT molecular complexity index is 557. The van der Waals surface area contributed by atoms with Gasteiger partial charge in [0.1, 0.15) is 12.2 Å². The Morgan fingerprint density at radius 1 is 1.11 bits per heavy atom. The first kappa shape index (κ1) is 25.3. The van der Waals surface area contributed by atoms with E-state index in [1.54, 1.807) is 34.0 Å². The zero-order valence-corrected chi connectivity index (χ0v) is 20.1. The maximum atomic E-state index is 11.8. The van der Waals surface area contributed by atoms with Crippen molar-refractivity contribution in [2.45, 2.75) is 83.5 Å². The first-order valence-corrected chi connectivity index (χ1v) is 12.6. The highest BCUT2D eigenvalue weighted by atomic mass is 28.4. The lowest BCUT2D eigenvalue weighted by Gasteiger charge is -2.52. The van der Waals surface area contributed by atoms with E-state index in [0.717, 1.165) is 0 Å². The standard InChI is InChI=1S/C20H38O7Si/c1-11-24-17(21)13-12-15-16(14-25-28(9,10)18(2,3)4)27-20(6,23-8)19(5,22-7)26-15/h12-13,15-16H,11,14H2,1-10H3/b13-12+/t15-,16+,19+,20+/m0/s1. The molecule has 0 aromatic rings. The molecule has 0 aromatic carbocycles. The van der Waals surface area contributed by atoms with Crippen LogP contribution in [0.5, 0.6) is 0 Å². The highest BCUT2D eigenvalue weighted by Crippen LogP contribution is 2.41. The van der Waals surface area contributed by atoms with Crippen molar-refractivity contribution in [3.63, 3.8) is 0 Å². The Hall–Kier alpha value is -0.773. The molecule has 0 aromatic heterocycles. The smallest absolute Gasteiger partial charge is 0.330 e. The summed E-state index contributed by atoms with van der Waals surface area (Å²) in [4.78, 5) is 11.8. The first-order valence-electron chi connectivity index (χ1n) is 9.70. The topological polar surface area (TPSA) is 72.5 Å². The minimum atomic E-state index is -2.00. The second-order valence-corrected chi connectivity index (χ2v) is 13.5. The van der Waals surface area contributed by atoms with Crippen molar-refractivity contribution in [2.24, 2.45) is 0 Å². The van der Waals surface area contributed by atoms with Gasteiger partial charge in [0.05, 0.1) is 13.2 Å². The van der Waals surface area contributed by atoms with Crippen LogP contribution in [0.15, 0.2) is 12.2 Å². The van der Waals surface area contributed by atoms with Crippen molar-refractivity contribution in [3.05, 3.63) is 12.2 Å². The molecule has 1 fully saturated rings.